The molecule has 3 rings (SSSR count). The van der Waals surface area contributed by atoms with Crippen molar-refractivity contribution in [3.05, 3.63) is 29.0 Å². The summed E-state index contributed by atoms with van der Waals surface area (Å²) in [5.41, 5.74) is 0.561. The Hall–Kier alpha value is -1.66. The van der Waals surface area contributed by atoms with E-state index in [1.165, 1.54) is 0 Å². The van der Waals surface area contributed by atoms with E-state index in [-0.39, 0.29) is 17.9 Å². The van der Waals surface area contributed by atoms with Crippen LogP contribution < -0.4 is 0 Å². The van der Waals surface area contributed by atoms with Crippen LogP contribution in [0, 0.1) is 11.8 Å². The predicted octanol–water partition coefficient (Wildman–Crippen LogP) is 2.60. The van der Waals surface area contributed by atoms with E-state index in [1.807, 2.05) is 9.80 Å². The molecule has 27 heavy (non-hydrogen) atoms. The molecule has 2 unspecified atom stereocenters. The van der Waals surface area contributed by atoms with Crippen LogP contribution in [0.1, 0.15) is 49.4 Å². The van der Waals surface area contributed by atoms with Crippen molar-refractivity contribution in [2.24, 2.45) is 11.8 Å². The van der Waals surface area contributed by atoms with Crippen LogP contribution in [0.5, 0.6) is 0 Å². The number of aromatic nitrogens is 1. The maximum absolute atomic E-state index is 12.8. The van der Waals surface area contributed by atoms with Crippen LogP contribution in [0.3, 0.4) is 0 Å². The molecule has 0 aromatic carbocycles. The molecule has 0 bridgehead atoms. The first-order valence-corrected chi connectivity index (χ1v) is 10.2. The largest absolute Gasteiger partial charge is 0.393 e. The Labute approximate surface area is 165 Å². The summed E-state index contributed by atoms with van der Waals surface area (Å²) in [6.45, 7) is 4.75. The molecule has 0 radical (unpaired) electrons. The third-order valence-corrected chi connectivity index (χ3v) is 6.14. The van der Waals surface area contributed by atoms with Crippen LogP contribution in [0.15, 0.2) is 18.3 Å². The highest BCUT2D eigenvalue weighted by Crippen LogP contribution is 2.31. The summed E-state index contributed by atoms with van der Waals surface area (Å²) < 4.78 is 0. The SMILES string of the molecule is CCC1CN(C(=O)c2ccnc(Cl)c2)CCC1CC(=O)N1CCC(O)CC1. The fourth-order valence-corrected chi connectivity index (χ4v) is 4.36. The highest BCUT2D eigenvalue weighted by Gasteiger charge is 2.33. The van der Waals surface area contributed by atoms with E-state index in [0.717, 1.165) is 12.8 Å². The Morgan fingerprint density at radius 2 is 1.89 bits per heavy atom. The van der Waals surface area contributed by atoms with Gasteiger partial charge >= 0.3 is 0 Å². The van der Waals surface area contributed by atoms with Gasteiger partial charge in [0.2, 0.25) is 5.91 Å². The molecule has 2 fully saturated rings. The number of aliphatic hydroxyl groups excluding tert-OH is 1. The molecule has 0 saturated carbocycles. The monoisotopic (exact) mass is 393 g/mol. The Morgan fingerprint density at radius 3 is 2.56 bits per heavy atom. The van der Waals surface area contributed by atoms with E-state index in [1.54, 1.807) is 18.3 Å². The summed E-state index contributed by atoms with van der Waals surface area (Å²) in [5.74, 6) is 0.789. The third kappa shape index (κ3) is 4.99. The normalized spacial score (nSPS) is 24.1. The highest BCUT2D eigenvalue weighted by atomic mass is 35.5. The summed E-state index contributed by atoms with van der Waals surface area (Å²) in [4.78, 5) is 33.1. The third-order valence-electron chi connectivity index (χ3n) is 5.93. The van der Waals surface area contributed by atoms with Crippen LogP contribution in [0.2, 0.25) is 5.15 Å². The number of aliphatic hydroxyl groups is 1. The van der Waals surface area contributed by atoms with Gasteiger partial charge in [0.1, 0.15) is 5.15 Å². The zero-order chi connectivity index (χ0) is 19.4. The first-order chi connectivity index (χ1) is 13.0. The number of likely N-dealkylation sites (tertiary alicyclic amines) is 2. The van der Waals surface area contributed by atoms with E-state index < -0.39 is 0 Å². The molecule has 1 aromatic heterocycles. The number of halogens is 1. The van der Waals surface area contributed by atoms with Crippen molar-refractivity contribution in [3.8, 4) is 0 Å². The molecule has 6 nitrogen and oxygen atoms in total. The lowest BCUT2D eigenvalue weighted by Gasteiger charge is -2.39. The average Bonchev–Trinajstić information content (AvgIpc) is 2.68. The first kappa shape index (κ1) is 20.1. The molecule has 1 aromatic rings. The Morgan fingerprint density at radius 1 is 1.19 bits per heavy atom. The van der Waals surface area contributed by atoms with E-state index >= 15 is 0 Å². The lowest BCUT2D eigenvalue weighted by atomic mass is 9.81. The van der Waals surface area contributed by atoms with Crippen LogP contribution in [0.4, 0.5) is 0 Å². The van der Waals surface area contributed by atoms with E-state index in [0.29, 0.717) is 68.0 Å². The summed E-state index contributed by atoms with van der Waals surface area (Å²) in [6.07, 6.45) is 4.94. The number of carbonyl (C=O) groups is 2. The van der Waals surface area contributed by atoms with Crippen LogP contribution in [0.25, 0.3) is 0 Å². The maximum atomic E-state index is 12.8. The Kier molecular flexibility index (Phi) is 6.71. The van der Waals surface area contributed by atoms with Crippen molar-refractivity contribution in [2.45, 2.75) is 45.1 Å². The fraction of sp³-hybridized carbons (Fsp3) is 0.650. The minimum Gasteiger partial charge on any atom is -0.393 e. The number of rotatable bonds is 4. The van der Waals surface area contributed by atoms with Crippen molar-refractivity contribution in [3.63, 3.8) is 0 Å². The molecule has 2 aliphatic rings. The fourth-order valence-electron chi connectivity index (χ4n) is 4.18. The van der Waals surface area contributed by atoms with Gasteiger partial charge in [-0.2, -0.15) is 0 Å². The molecule has 3 heterocycles. The second-order valence-electron chi connectivity index (χ2n) is 7.65. The molecule has 2 amide bonds. The van der Waals surface area contributed by atoms with Gasteiger partial charge in [0.15, 0.2) is 0 Å². The minimum atomic E-state index is -0.270. The molecule has 2 aliphatic heterocycles. The summed E-state index contributed by atoms with van der Waals surface area (Å²) in [5, 5.41) is 9.93. The molecule has 2 atom stereocenters. The standard InChI is InChI=1S/C20H28ClN3O3/c1-2-14-13-24(20(27)16-3-7-22-18(21)11-16)8-4-15(14)12-19(26)23-9-5-17(25)6-10-23/h3,7,11,14-15,17,25H,2,4-6,8-10,12-13H2,1H3. The summed E-state index contributed by atoms with van der Waals surface area (Å²) in [6, 6.07) is 3.29. The molecular weight excluding hydrogens is 366 g/mol. The lowest BCUT2D eigenvalue weighted by molar-refractivity contribution is -0.135. The van der Waals surface area contributed by atoms with E-state index in [4.69, 9.17) is 11.6 Å². The van der Waals surface area contributed by atoms with Crippen molar-refractivity contribution in [1.82, 2.24) is 14.8 Å². The number of hydrogen-bond donors (Lipinski definition) is 1. The summed E-state index contributed by atoms with van der Waals surface area (Å²) >= 11 is 5.91. The average molecular weight is 394 g/mol. The van der Waals surface area contributed by atoms with Crippen LogP contribution in [-0.2, 0) is 4.79 Å². The van der Waals surface area contributed by atoms with Crippen molar-refractivity contribution in [1.29, 1.82) is 0 Å². The lowest BCUT2D eigenvalue weighted by Crippen LogP contribution is -2.46. The first-order valence-electron chi connectivity index (χ1n) is 9.84. The van der Waals surface area contributed by atoms with Gasteiger partial charge in [-0.3, -0.25) is 9.59 Å². The smallest absolute Gasteiger partial charge is 0.254 e. The van der Waals surface area contributed by atoms with Gasteiger partial charge in [0.25, 0.3) is 5.91 Å². The van der Waals surface area contributed by atoms with Crippen molar-refractivity contribution >= 4 is 23.4 Å². The number of pyridine rings is 1. The van der Waals surface area contributed by atoms with Gasteiger partial charge in [0.05, 0.1) is 6.10 Å². The Bertz CT molecular complexity index is 676. The topological polar surface area (TPSA) is 73.7 Å². The second-order valence-corrected chi connectivity index (χ2v) is 8.04. The highest BCUT2D eigenvalue weighted by molar-refractivity contribution is 6.29. The molecule has 148 valence electrons. The minimum absolute atomic E-state index is 0.0208. The van der Waals surface area contributed by atoms with Crippen LogP contribution in [-0.4, -0.2) is 64.0 Å². The molecular formula is C20H28ClN3O3. The maximum Gasteiger partial charge on any atom is 0.254 e. The van der Waals surface area contributed by atoms with Gasteiger partial charge in [-0.1, -0.05) is 24.9 Å². The number of nitrogens with zero attached hydrogens (tertiary/aromatic N) is 3. The summed E-state index contributed by atoms with van der Waals surface area (Å²) in [7, 11) is 0. The molecule has 0 aliphatic carbocycles. The number of piperidine rings is 2. The molecule has 1 N–H and O–H groups in total. The van der Waals surface area contributed by atoms with Gasteiger partial charge in [-0.25, -0.2) is 4.98 Å². The van der Waals surface area contributed by atoms with Crippen molar-refractivity contribution in [2.75, 3.05) is 26.2 Å². The van der Waals surface area contributed by atoms with E-state index in [9.17, 15) is 14.7 Å². The van der Waals surface area contributed by atoms with E-state index in [2.05, 4.69) is 11.9 Å². The van der Waals surface area contributed by atoms with Crippen molar-refractivity contribution < 1.29 is 14.7 Å². The zero-order valence-electron chi connectivity index (χ0n) is 15.8. The second kappa shape index (κ2) is 9.02. The van der Waals surface area contributed by atoms with Gasteiger partial charge in [-0.05, 0) is 43.2 Å². The van der Waals surface area contributed by atoms with Crippen LogP contribution >= 0.6 is 11.6 Å². The molecule has 0 spiro atoms. The molecule has 7 heteroatoms. The van der Waals surface area contributed by atoms with Gasteiger partial charge in [-0.15, -0.1) is 0 Å². The zero-order valence-corrected chi connectivity index (χ0v) is 16.6. The number of hydrogen-bond acceptors (Lipinski definition) is 4. The molecule has 2 saturated heterocycles. The predicted molar refractivity (Wildman–Crippen MR) is 103 cm³/mol. The van der Waals surface area contributed by atoms with Gasteiger partial charge in [0, 0.05) is 44.4 Å². The Balaban J connectivity index is 1.58. The quantitative estimate of drug-likeness (QED) is 0.798. The van der Waals surface area contributed by atoms with Gasteiger partial charge < -0.3 is 14.9 Å². The number of amides is 2. The number of carbonyl (C=O) groups excluding carboxylic acids is 2.